The number of rotatable bonds is 9. The van der Waals surface area contributed by atoms with Crippen LogP contribution >= 0.6 is 12.4 Å². The van der Waals surface area contributed by atoms with Crippen molar-refractivity contribution in [3.8, 4) is 5.75 Å². The number of likely N-dealkylation sites (tertiary alicyclic amines) is 1. The van der Waals surface area contributed by atoms with Crippen molar-refractivity contribution in [1.29, 1.82) is 0 Å². The largest absolute Gasteiger partial charge is 0.496 e. The molecule has 244 valence electrons. The number of methoxy groups -OCH3 is 3. The zero-order chi connectivity index (χ0) is 31.4. The van der Waals surface area contributed by atoms with Crippen molar-refractivity contribution in [2.75, 3.05) is 47.6 Å². The molecule has 0 aromatic heterocycles. The topological polar surface area (TPSA) is 109 Å². The van der Waals surface area contributed by atoms with E-state index in [0.717, 1.165) is 68.7 Å². The Labute approximate surface area is 267 Å². The molecule has 5 rings (SSSR count). The van der Waals surface area contributed by atoms with Gasteiger partial charge in [-0.25, -0.2) is 28.1 Å². The van der Waals surface area contributed by atoms with Crippen molar-refractivity contribution >= 4 is 30.4 Å². The third kappa shape index (κ3) is 7.23. The maximum absolute atomic E-state index is 14.3. The van der Waals surface area contributed by atoms with Gasteiger partial charge in [0, 0.05) is 38.7 Å². The highest BCUT2D eigenvalue weighted by Crippen LogP contribution is 2.40. The van der Waals surface area contributed by atoms with E-state index in [1.807, 2.05) is 12.1 Å². The van der Waals surface area contributed by atoms with Gasteiger partial charge >= 0.3 is 18.0 Å². The van der Waals surface area contributed by atoms with E-state index in [0.29, 0.717) is 18.5 Å². The third-order valence-electron chi connectivity index (χ3n) is 8.82. The van der Waals surface area contributed by atoms with Crippen LogP contribution in [0.25, 0.3) is 0 Å². The molecule has 45 heavy (non-hydrogen) atoms. The first-order chi connectivity index (χ1) is 21.2. The van der Waals surface area contributed by atoms with Gasteiger partial charge in [-0.3, -0.25) is 4.90 Å². The molecule has 4 amide bonds. The van der Waals surface area contributed by atoms with E-state index in [9.17, 15) is 23.2 Å². The standard InChI is InChI=1S/C32H38F2N4O6.ClH/c1-42-18-26-28(30(39)44-3)29(21-10-13-24(33)25(34)14-21)38(32(41)36-26)31(40)35-15-19-16-37(17-19)22-11-8-20(9-12-22)23-6-4-5-7-27(23)43-2;/h4-7,10,13-14,19-20,22,29H,8-9,11-12,15-18H2,1-3H3,(H,35,40)(H,36,41);1H/t20-,22-,29-;/m0./s1. The summed E-state index contributed by atoms with van der Waals surface area (Å²) in [5.74, 6) is -1.54. The molecule has 1 atom stereocenters. The number of para-hydroxylation sites is 1. The lowest BCUT2D eigenvalue weighted by Gasteiger charge is -2.47. The number of esters is 1. The number of carbonyl (C=O) groups excluding carboxylic acids is 3. The molecule has 0 bridgehead atoms. The molecule has 0 radical (unpaired) electrons. The average Bonchev–Trinajstić information content (AvgIpc) is 3.01. The fourth-order valence-electron chi connectivity index (χ4n) is 6.59. The lowest BCUT2D eigenvalue weighted by Crippen LogP contribution is -2.59. The predicted octanol–water partition coefficient (Wildman–Crippen LogP) is 4.90. The third-order valence-corrected chi connectivity index (χ3v) is 8.82. The minimum Gasteiger partial charge on any atom is -0.496 e. The lowest BCUT2D eigenvalue weighted by molar-refractivity contribution is -0.137. The fraction of sp³-hybridized carbons (Fsp3) is 0.469. The molecule has 0 spiro atoms. The average molecular weight is 649 g/mol. The minimum absolute atomic E-state index is 0. The number of hydrogen-bond acceptors (Lipinski definition) is 7. The number of benzene rings is 2. The van der Waals surface area contributed by atoms with Crippen LogP contribution in [0.15, 0.2) is 53.7 Å². The van der Waals surface area contributed by atoms with Crippen molar-refractivity contribution in [2.45, 2.75) is 43.7 Å². The van der Waals surface area contributed by atoms with Crippen molar-refractivity contribution in [1.82, 2.24) is 20.4 Å². The molecular formula is C32H39ClF2N4O6. The first kappa shape index (κ1) is 34.1. The Bertz CT molecular complexity index is 1430. The van der Waals surface area contributed by atoms with Gasteiger partial charge in [0.1, 0.15) is 11.8 Å². The molecule has 2 heterocycles. The molecule has 2 N–H and O–H groups in total. The Kier molecular flexibility index (Phi) is 11.4. The Hall–Kier alpha value is -3.74. The molecule has 2 aromatic carbocycles. The van der Waals surface area contributed by atoms with Crippen LogP contribution in [-0.2, 0) is 14.3 Å². The molecule has 10 nitrogen and oxygen atoms in total. The van der Waals surface area contributed by atoms with Gasteiger partial charge in [-0.2, -0.15) is 0 Å². The van der Waals surface area contributed by atoms with Gasteiger partial charge in [0.05, 0.1) is 32.1 Å². The number of imide groups is 1. The molecule has 1 aliphatic carbocycles. The summed E-state index contributed by atoms with van der Waals surface area (Å²) in [4.78, 5) is 42.8. The van der Waals surface area contributed by atoms with E-state index in [2.05, 4.69) is 27.7 Å². The van der Waals surface area contributed by atoms with Crippen LogP contribution in [0.1, 0.15) is 48.8 Å². The van der Waals surface area contributed by atoms with Crippen molar-refractivity contribution in [3.63, 3.8) is 0 Å². The van der Waals surface area contributed by atoms with Crippen molar-refractivity contribution in [3.05, 3.63) is 76.5 Å². The van der Waals surface area contributed by atoms with Crippen molar-refractivity contribution < 1.29 is 37.4 Å². The molecule has 2 fully saturated rings. The Morgan fingerprint density at radius 1 is 1.00 bits per heavy atom. The molecule has 3 aliphatic rings. The van der Waals surface area contributed by atoms with Crippen molar-refractivity contribution in [2.24, 2.45) is 5.92 Å². The van der Waals surface area contributed by atoms with Gasteiger partial charge < -0.3 is 24.8 Å². The van der Waals surface area contributed by atoms with Gasteiger partial charge in [-0.1, -0.05) is 24.3 Å². The summed E-state index contributed by atoms with van der Waals surface area (Å²) in [6.07, 6.45) is 4.33. The second-order valence-electron chi connectivity index (χ2n) is 11.4. The van der Waals surface area contributed by atoms with Crippen LogP contribution in [0.5, 0.6) is 5.75 Å². The highest BCUT2D eigenvalue weighted by molar-refractivity contribution is 6.01. The summed E-state index contributed by atoms with van der Waals surface area (Å²) in [5.41, 5.74) is 1.24. The second kappa shape index (κ2) is 15.0. The van der Waals surface area contributed by atoms with E-state index in [4.69, 9.17) is 14.2 Å². The van der Waals surface area contributed by atoms with Gasteiger partial charge in [0.2, 0.25) is 0 Å². The van der Waals surface area contributed by atoms with E-state index in [1.165, 1.54) is 18.7 Å². The SMILES string of the molecule is COCC1=C(C(=O)OC)[C@H](c2ccc(F)c(F)c2)N(C(=O)NCC2CN([C@H]3CC[C@H](c4ccccc4OC)CC3)C2)C(=O)N1.Cl. The lowest BCUT2D eigenvalue weighted by atomic mass is 9.79. The summed E-state index contributed by atoms with van der Waals surface area (Å²) in [5, 5.41) is 5.33. The number of halogens is 3. The maximum Gasteiger partial charge on any atom is 0.338 e. The number of amides is 4. The summed E-state index contributed by atoms with van der Waals surface area (Å²) in [6, 6.07) is 8.66. The summed E-state index contributed by atoms with van der Waals surface area (Å²) in [7, 11) is 4.22. The molecule has 0 unspecified atom stereocenters. The van der Waals surface area contributed by atoms with E-state index in [1.54, 1.807) is 7.11 Å². The van der Waals surface area contributed by atoms with E-state index < -0.39 is 35.7 Å². The first-order valence-corrected chi connectivity index (χ1v) is 14.8. The Morgan fingerprint density at radius 3 is 2.36 bits per heavy atom. The van der Waals surface area contributed by atoms with Crippen LogP contribution in [0, 0.1) is 17.6 Å². The zero-order valence-corrected chi connectivity index (χ0v) is 26.3. The smallest absolute Gasteiger partial charge is 0.338 e. The fourth-order valence-corrected chi connectivity index (χ4v) is 6.59. The molecular weight excluding hydrogens is 610 g/mol. The number of nitrogens with one attached hydrogen (secondary N) is 2. The number of nitrogens with zero attached hydrogens (tertiary/aromatic N) is 2. The molecule has 2 aliphatic heterocycles. The molecule has 1 saturated heterocycles. The van der Waals surface area contributed by atoms with Gasteiger partial charge in [-0.05, 0) is 60.9 Å². The predicted molar refractivity (Wildman–Crippen MR) is 164 cm³/mol. The maximum atomic E-state index is 14.3. The first-order valence-electron chi connectivity index (χ1n) is 14.8. The Balaban J connectivity index is 0.00000461. The normalized spacial score (nSPS) is 22.2. The minimum atomic E-state index is -1.37. The summed E-state index contributed by atoms with van der Waals surface area (Å²) in [6.45, 7) is 1.76. The summed E-state index contributed by atoms with van der Waals surface area (Å²) < 4.78 is 43.7. The molecule has 13 heteroatoms. The van der Waals surface area contributed by atoms with E-state index >= 15 is 0 Å². The van der Waals surface area contributed by atoms with Crippen LogP contribution in [0.2, 0.25) is 0 Å². The quantitative estimate of drug-likeness (QED) is 0.372. The zero-order valence-electron chi connectivity index (χ0n) is 25.5. The molecule has 1 saturated carbocycles. The Morgan fingerprint density at radius 2 is 1.71 bits per heavy atom. The van der Waals surface area contributed by atoms with Gasteiger partial charge in [-0.15, -0.1) is 12.4 Å². The molecule has 2 aromatic rings. The van der Waals surface area contributed by atoms with Crippen LogP contribution in [0.4, 0.5) is 18.4 Å². The number of carbonyl (C=O) groups is 3. The summed E-state index contributed by atoms with van der Waals surface area (Å²) >= 11 is 0. The van der Waals surface area contributed by atoms with Gasteiger partial charge in [0.15, 0.2) is 11.6 Å². The van der Waals surface area contributed by atoms with Crippen LogP contribution < -0.4 is 15.4 Å². The monoisotopic (exact) mass is 648 g/mol. The van der Waals surface area contributed by atoms with Crippen LogP contribution in [0.3, 0.4) is 0 Å². The van der Waals surface area contributed by atoms with Crippen LogP contribution in [-0.4, -0.2) is 81.4 Å². The highest BCUT2D eigenvalue weighted by Gasteiger charge is 2.44. The van der Waals surface area contributed by atoms with Gasteiger partial charge in [0.25, 0.3) is 0 Å². The van der Waals surface area contributed by atoms with E-state index in [-0.39, 0.29) is 41.8 Å². The second-order valence-corrected chi connectivity index (χ2v) is 11.4. The number of hydrogen-bond donors (Lipinski definition) is 2. The highest BCUT2D eigenvalue weighted by atomic mass is 35.5. The number of ether oxygens (including phenoxy) is 3. The number of urea groups is 2.